The summed E-state index contributed by atoms with van der Waals surface area (Å²) in [4.78, 5) is 0. The largest absolute Gasteiger partial charge is 0.344 e. The first-order valence-corrected chi connectivity index (χ1v) is 4.56. The SMILES string of the molecule is C=Cc1cccc(CC)c1CC.N. The summed E-state index contributed by atoms with van der Waals surface area (Å²) in [5.41, 5.74) is 4.20. The van der Waals surface area contributed by atoms with Crippen LogP contribution in [0.1, 0.15) is 30.5 Å². The van der Waals surface area contributed by atoms with Crippen molar-refractivity contribution in [2.45, 2.75) is 26.7 Å². The molecular weight excluding hydrogens is 158 g/mol. The van der Waals surface area contributed by atoms with Crippen LogP contribution in [0.25, 0.3) is 6.08 Å². The first-order chi connectivity index (χ1) is 5.83. The first kappa shape index (κ1) is 11.9. The van der Waals surface area contributed by atoms with Gasteiger partial charge in [-0.1, -0.05) is 44.7 Å². The van der Waals surface area contributed by atoms with Crippen LogP contribution in [0.4, 0.5) is 0 Å². The van der Waals surface area contributed by atoms with Crippen LogP contribution in [0.15, 0.2) is 24.8 Å². The molecule has 1 heteroatoms. The lowest BCUT2D eigenvalue weighted by atomic mass is 9.97. The fourth-order valence-corrected chi connectivity index (χ4v) is 1.61. The zero-order valence-electron chi connectivity index (χ0n) is 8.64. The Morgan fingerprint density at radius 3 is 2.38 bits per heavy atom. The van der Waals surface area contributed by atoms with E-state index < -0.39 is 0 Å². The van der Waals surface area contributed by atoms with Crippen LogP contribution in [0.5, 0.6) is 0 Å². The lowest BCUT2D eigenvalue weighted by Crippen LogP contribution is -1.93. The lowest BCUT2D eigenvalue weighted by Gasteiger charge is -2.08. The fraction of sp³-hybridized carbons (Fsp3) is 0.333. The molecule has 0 bridgehead atoms. The highest BCUT2D eigenvalue weighted by Crippen LogP contribution is 2.17. The van der Waals surface area contributed by atoms with E-state index in [1.807, 2.05) is 6.08 Å². The average Bonchev–Trinajstić information content (AvgIpc) is 2.16. The normalized spacial score (nSPS) is 9.08. The second kappa shape index (κ2) is 5.55. The average molecular weight is 177 g/mol. The molecule has 0 aliphatic heterocycles. The molecule has 0 fully saturated rings. The first-order valence-electron chi connectivity index (χ1n) is 4.56. The van der Waals surface area contributed by atoms with E-state index in [1.54, 1.807) is 0 Å². The summed E-state index contributed by atoms with van der Waals surface area (Å²) < 4.78 is 0. The van der Waals surface area contributed by atoms with Gasteiger partial charge < -0.3 is 6.15 Å². The minimum atomic E-state index is 0. The molecule has 3 N–H and O–H groups in total. The van der Waals surface area contributed by atoms with E-state index in [0.717, 1.165) is 12.8 Å². The van der Waals surface area contributed by atoms with Crippen molar-refractivity contribution >= 4 is 6.08 Å². The monoisotopic (exact) mass is 177 g/mol. The van der Waals surface area contributed by atoms with Gasteiger partial charge in [0.1, 0.15) is 0 Å². The zero-order chi connectivity index (χ0) is 8.97. The molecule has 0 saturated heterocycles. The van der Waals surface area contributed by atoms with Gasteiger partial charge in [-0.25, -0.2) is 0 Å². The third-order valence-electron chi connectivity index (χ3n) is 2.26. The number of benzene rings is 1. The number of hydrogen-bond donors (Lipinski definition) is 1. The van der Waals surface area contributed by atoms with Gasteiger partial charge in [0.25, 0.3) is 0 Å². The molecule has 0 amide bonds. The van der Waals surface area contributed by atoms with E-state index in [9.17, 15) is 0 Å². The van der Waals surface area contributed by atoms with E-state index >= 15 is 0 Å². The molecule has 1 aromatic rings. The Kier molecular flexibility index (Phi) is 5.09. The van der Waals surface area contributed by atoms with Crippen molar-refractivity contribution in [2.24, 2.45) is 0 Å². The highest BCUT2D eigenvalue weighted by molar-refractivity contribution is 5.54. The maximum absolute atomic E-state index is 3.81. The Hall–Kier alpha value is -1.08. The summed E-state index contributed by atoms with van der Waals surface area (Å²) in [6, 6.07) is 6.44. The fourth-order valence-electron chi connectivity index (χ4n) is 1.61. The Bertz CT molecular complexity index is 276. The number of rotatable bonds is 3. The van der Waals surface area contributed by atoms with E-state index in [2.05, 4.69) is 38.6 Å². The standard InChI is InChI=1S/C12H16.H3N/c1-4-10-8-7-9-11(5-2)12(10)6-3;/h4,7-9H,1,5-6H2,2-3H3;1H3. The molecule has 1 aromatic carbocycles. The van der Waals surface area contributed by atoms with Gasteiger partial charge in [-0.05, 0) is 29.5 Å². The van der Waals surface area contributed by atoms with Crippen LogP contribution >= 0.6 is 0 Å². The molecule has 0 aromatic heterocycles. The van der Waals surface area contributed by atoms with E-state index in [1.165, 1.54) is 16.7 Å². The smallest absolute Gasteiger partial charge is 0.0228 e. The van der Waals surface area contributed by atoms with Crippen molar-refractivity contribution in [2.75, 3.05) is 0 Å². The molecule has 0 heterocycles. The third kappa shape index (κ3) is 2.43. The lowest BCUT2D eigenvalue weighted by molar-refractivity contribution is 1.03. The third-order valence-corrected chi connectivity index (χ3v) is 2.26. The molecule has 0 unspecified atom stereocenters. The highest BCUT2D eigenvalue weighted by atomic mass is 14.1. The maximum atomic E-state index is 3.81. The molecule has 13 heavy (non-hydrogen) atoms. The predicted molar refractivity (Wildman–Crippen MR) is 60.3 cm³/mol. The molecule has 0 saturated carbocycles. The van der Waals surface area contributed by atoms with Crippen LogP contribution in [0, 0.1) is 0 Å². The summed E-state index contributed by atoms with van der Waals surface area (Å²) in [5, 5.41) is 0. The van der Waals surface area contributed by atoms with Gasteiger partial charge >= 0.3 is 0 Å². The van der Waals surface area contributed by atoms with Crippen LogP contribution in [0.2, 0.25) is 0 Å². The van der Waals surface area contributed by atoms with Crippen LogP contribution < -0.4 is 6.15 Å². The minimum absolute atomic E-state index is 0. The predicted octanol–water partition coefficient (Wildman–Crippen LogP) is 3.62. The summed E-state index contributed by atoms with van der Waals surface area (Å²) in [5.74, 6) is 0. The molecule has 1 nitrogen and oxygen atoms in total. The van der Waals surface area contributed by atoms with Crippen molar-refractivity contribution in [1.82, 2.24) is 6.15 Å². The number of hydrogen-bond acceptors (Lipinski definition) is 1. The molecular formula is C12H19N. The summed E-state index contributed by atoms with van der Waals surface area (Å²) in [6.45, 7) is 8.21. The van der Waals surface area contributed by atoms with Crippen molar-refractivity contribution in [1.29, 1.82) is 0 Å². The second-order valence-corrected chi connectivity index (χ2v) is 2.90. The van der Waals surface area contributed by atoms with Crippen LogP contribution in [-0.4, -0.2) is 0 Å². The Morgan fingerprint density at radius 1 is 1.23 bits per heavy atom. The maximum Gasteiger partial charge on any atom is -0.0228 e. The van der Waals surface area contributed by atoms with Gasteiger partial charge in [0, 0.05) is 0 Å². The van der Waals surface area contributed by atoms with Crippen molar-refractivity contribution in [3.8, 4) is 0 Å². The van der Waals surface area contributed by atoms with Gasteiger partial charge in [0.15, 0.2) is 0 Å². The summed E-state index contributed by atoms with van der Waals surface area (Å²) >= 11 is 0. The second-order valence-electron chi connectivity index (χ2n) is 2.90. The van der Waals surface area contributed by atoms with Gasteiger partial charge in [0.05, 0.1) is 0 Å². The zero-order valence-corrected chi connectivity index (χ0v) is 8.64. The van der Waals surface area contributed by atoms with Gasteiger partial charge in [-0.2, -0.15) is 0 Å². The Labute approximate surface area is 81.1 Å². The van der Waals surface area contributed by atoms with Crippen LogP contribution in [0.3, 0.4) is 0 Å². The molecule has 0 atom stereocenters. The van der Waals surface area contributed by atoms with E-state index in [-0.39, 0.29) is 6.15 Å². The summed E-state index contributed by atoms with van der Waals surface area (Å²) in [7, 11) is 0. The van der Waals surface area contributed by atoms with Gasteiger partial charge in [-0.3, -0.25) is 0 Å². The van der Waals surface area contributed by atoms with Crippen molar-refractivity contribution < 1.29 is 0 Å². The van der Waals surface area contributed by atoms with E-state index in [0.29, 0.717) is 0 Å². The Balaban J connectivity index is 0.00000144. The van der Waals surface area contributed by atoms with Crippen molar-refractivity contribution in [3.63, 3.8) is 0 Å². The minimum Gasteiger partial charge on any atom is -0.344 e. The molecule has 0 aliphatic rings. The summed E-state index contributed by atoms with van der Waals surface area (Å²) in [6.07, 6.45) is 4.16. The topological polar surface area (TPSA) is 35.0 Å². The molecule has 0 spiro atoms. The molecule has 72 valence electrons. The van der Waals surface area contributed by atoms with Gasteiger partial charge in [-0.15, -0.1) is 0 Å². The number of aryl methyl sites for hydroxylation is 1. The Morgan fingerprint density at radius 2 is 1.92 bits per heavy atom. The molecule has 0 radical (unpaired) electrons. The highest BCUT2D eigenvalue weighted by Gasteiger charge is 2.01. The van der Waals surface area contributed by atoms with Crippen molar-refractivity contribution in [3.05, 3.63) is 41.5 Å². The molecule has 1 rings (SSSR count). The van der Waals surface area contributed by atoms with E-state index in [4.69, 9.17) is 0 Å². The quantitative estimate of drug-likeness (QED) is 0.752. The molecule has 0 aliphatic carbocycles. The van der Waals surface area contributed by atoms with Crippen LogP contribution in [-0.2, 0) is 12.8 Å². The van der Waals surface area contributed by atoms with Gasteiger partial charge in [0.2, 0.25) is 0 Å².